The average molecular weight is 275 g/mol. The fourth-order valence-corrected chi connectivity index (χ4v) is 3.94. The minimum Gasteiger partial charge on any atom is -0.385 e. The van der Waals surface area contributed by atoms with E-state index in [2.05, 4.69) is 12.2 Å². The van der Waals surface area contributed by atoms with Crippen molar-refractivity contribution < 1.29 is 8.95 Å². The molecule has 0 aliphatic heterocycles. The number of methoxy groups -OCH3 is 1. The molecule has 3 atom stereocenters. The van der Waals surface area contributed by atoms with Crippen LogP contribution in [0.25, 0.3) is 0 Å². The van der Waals surface area contributed by atoms with E-state index in [1.807, 2.05) is 0 Å². The first-order valence-corrected chi connectivity index (χ1v) is 8.84. The summed E-state index contributed by atoms with van der Waals surface area (Å²) in [5.74, 6) is 2.43. The highest BCUT2D eigenvalue weighted by Gasteiger charge is 2.26. The van der Waals surface area contributed by atoms with Crippen molar-refractivity contribution in [3.8, 4) is 0 Å². The first-order chi connectivity index (χ1) is 8.77. The number of rotatable bonds is 10. The lowest BCUT2D eigenvalue weighted by atomic mass is 10.0. The molecule has 108 valence electrons. The van der Waals surface area contributed by atoms with Gasteiger partial charge in [0.2, 0.25) is 0 Å². The summed E-state index contributed by atoms with van der Waals surface area (Å²) >= 11 is 0. The molecule has 0 bridgehead atoms. The molecule has 18 heavy (non-hydrogen) atoms. The molecule has 1 saturated carbocycles. The van der Waals surface area contributed by atoms with E-state index >= 15 is 0 Å². The van der Waals surface area contributed by atoms with Crippen LogP contribution < -0.4 is 5.32 Å². The molecule has 1 rings (SSSR count). The summed E-state index contributed by atoms with van der Waals surface area (Å²) in [5, 5.41) is 3.64. The van der Waals surface area contributed by atoms with Crippen molar-refractivity contribution in [2.45, 2.75) is 51.5 Å². The van der Waals surface area contributed by atoms with Gasteiger partial charge in [-0.15, -0.1) is 0 Å². The molecule has 0 aromatic carbocycles. The Kier molecular flexibility index (Phi) is 8.90. The van der Waals surface area contributed by atoms with Crippen LogP contribution in [-0.4, -0.2) is 42.0 Å². The summed E-state index contributed by atoms with van der Waals surface area (Å²) in [6.07, 6.45) is 7.21. The van der Waals surface area contributed by atoms with Gasteiger partial charge < -0.3 is 10.1 Å². The summed E-state index contributed by atoms with van der Waals surface area (Å²) in [5.41, 5.74) is 0. The second-order valence-corrected chi connectivity index (χ2v) is 6.93. The van der Waals surface area contributed by atoms with E-state index < -0.39 is 10.8 Å². The Hall–Kier alpha value is 0.0700. The van der Waals surface area contributed by atoms with Crippen molar-refractivity contribution in [3.05, 3.63) is 0 Å². The molecule has 1 N–H and O–H groups in total. The normalized spacial score (nSPS) is 25.4. The third-order valence-corrected chi connectivity index (χ3v) is 5.19. The second kappa shape index (κ2) is 9.93. The molecule has 0 aromatic rings. The predicted molar refractivity (Wildman–Crippen MR) is 78.4 cm³/mol. The maximum Gasteiger partial charge on any atom is 0.0471 e. The van der Waals surface area contributed by atoms with Gasteiger partial charge in [0.05, 0.1) is 0 Å². The van der Waals surface area contributed by atoms with Gasteiger partial charge in [0.15, 0.2) is 0 Å². The first kappa shape index (κ1) is 16.1. The van der Waals surface area contributed by atoms with E-state index in [1.54, 1.807) is 7.11 Å². The zero-order chi connectivity index (χ0) is 13.2. The van der Waals surface area contributed by atoms with Crippen LogP contribution >= 0.6 is 0 Å². The summed E-state index contributed by atoms with van der Waals surface area (Å²) in [7, 11) is 1.05. The fourth-order valence-electron chi connectivity index (χ4n) is 2.73. The van der Waals surface area contributed by atoms with Crippen molar-refractivity contribution in [3.63, 3.8) is 0 Å². The predicted octanol–water partition coefficient (Wildman–Crippen LogP) is 2.33. The van der Waals surface area contributed by atoms with Crippen LogP contribution in [0.15, 0.2) is 0 Å². The van der Waals surface area contributed by atoms with Crippen LogP contribution in [-0.2, 0) is 15.5 Å². The van der Waals surface area contributed by atoms with Crippen LogP contribution in [0.3, 0.4) is 0 Å². The Bertz CT molecular complexity index is 236. The minimum atomic E-state index is -0.646. The Morgan fingerprint density at radius 3 is 2.89 bits per heavy atom. The third-order valence-electron chi connectivity index (χ3n) is 3.75. The van der Waals surface area contributed by atoms with Crippen LogP contribution in [0.5, 0.6) is 0 Å². The van der Waals surface area contributed by atoms with E-state index in [0.717, 1.165) is 43.4 Å². The standard InChI is InChI=1S/C14H29NO2S/c1-3-9-15-14-7-4-6-13(14)8-12-18(16)11-5-10-17-2/h13-15H,3-12H2,1-2H3. The van der Waals surface area contributed by atoms with Crippen molar-refractivity contribution in [1.82, 2.24) is 5.32 Å². The highest BCUT2D eigenvalue weighted by atomic mass is 32.2. The highest BCUT2D eigenvalue weighted by Crippen LogP contribution is 2.28. The molecule has 0 heterocycles. The second-order valence-electron chi connectivity index (χ2n) is 5.23. The van der Waals surface area contributed by atoms with Crippen molar-refractivity contribution in [1.29, 1.82) is 0 Å². The van der Waals surface area contributed by atoms with E-state index in [-0.39, 0.29) is 0 Å². The summed E-state index contributed by atoms with van der Waals surface area (Å²) < 4.78 is 16.8. The van der Waals surface area contributed by atoms with Crippen molar-refractivity contribution >= 4 is 10.8 Å². The van der Waals surface area contributed by atoms with E-state index in [9.17, 15) is 4.21 Å². The molecule has 0 amide bonds. The van der Waals surface area contributed by atoms with E-state index in [1.165, 1.54) is 25.7 Å². The maximum atomic E-state index is 11.8. The van der Waals surface area contributed by atoms with Crippen molar-refractivity contribution in [2.24, 2.45) is 5.92 Å². The van der Waals surface area contributed by atoms with Crippen LogP contribution in [0, 0.1) is 5.92 Å². The molecule has 1 aliphatic rings. The lowest BCUT2D eigenvalue weighted by Crippen LogP contribution is -2.33. The fraction of sp³-hybridized carbons (Fsp3) is 1.00. The topological polar surface area (TPSA) is 38.3 Å². The van der Waals surface area contributed by atoms with Gasteiger partial charge in [0, 0.05) is 42.1 Å². The van der Waals surface area contributed by atoms with Crippen molar-refractivity contribution in [2.75, 3.05) is 31.8 Å². The Morgan fingerprint density at radius 1 is 1.33 bits per heavy atom. The Labute approximate surface area is 115 Å². The van der Waals surface area contributed by atoms with E-state index in [0.29, 0.717) is 6.04 Å². The highest BCUT2D eigenvalue weighted by molar-refractivity contribution is 7.84. The van der Waals surface area contributed by atoms with Gasteiger partial charge in [-0.2, -0.15) is 0 Å². The molecular formula is C14H29NO2S. The Balaban J connectivity index is 2.14. The zero-order valence-corrected chi connectivity index (χ0v) is 12.8. The summed E-state index contributed by atoms with van der Waals surface area (Å²) in [6, 6.07) is 0.681. The van der Waals surface area contributed by atoms with Crippen LogP contribution in [0.1, 0.15) is 45.4 Å². The maximum absolute atomic E-state index is 11.8. The number of hydrogen-bond acceptors (Lipinski definition) is 3. The van der Waals surface area contributed by atoms with Crippen LogP contribution in [0.4, 0.5) is 0 Å². The molecule has 1 aliphatic carbocycles. The summed E-state index contributed by atoms with van der Waals surface area (Å²) in [4.78, 5) is 0. The number of ether oxygens (including phenoxy) is 1. The molecular weight excluding hydrogens is 246 g/mol. The SMILES string of the molecule is CCCNC1CCCC1CCS(=O)CCCOC. The molecule has 0 saturated heterocycles. The third kappa shape index (κ3) is 6.30. The van der Waals surface area contributed by atoms with Gasteiger partial charge >= 0.3 is 0 Å². The zero-order valence-electron chi connectivity index (χ0n) is 12.0. The quantitative estimate of drug-likeness (QED) is 0.622. The molecule has 1 fully saturated rings. The monoisotopic (exact) mass is 275 g/mol. The Morgan fingerprint density at radius 2 is 2.17 bits per heavy atom. The van der Waals surface area contributed by atoms with Crippen LogP contribution in [0.2, 0.25) is 0 Å². The molecule has 3 unspecified atom stereocenters. The van der Waals surface area contributed by atoms with Gasteiger partial charge in [0.1, 0.15) is 0 Å². The molecule has 4 heteroatoms. The lowest BCUT2D eigenvalue weighted by molar-refractivity contribution is 0.200. The van der Waals surface area contributed by atoms with E-state index in [4.69, 9.17) is 4.74 Å². The lowest BCUT2D eigenvalue weighted by Gasteiger charge is -2.20. The van der Waals surface area contributed by atoms with Gasteiger partial charge in [0.25, 0.3) is 0 Å². The largest absolute Gasteiger partial charge is 0.385 e. The summed E-state index contributed by atoms with van der Waals surface area (Å²) in [6.45, 7) is 4.07. The minimum absolute atomic E-state index is 0.646. The number of hydrogen-bond donors (Lipinski definition) is 1. The number of nitrogens with one attached hydrogen (secondary N) is 1. The van der Waals surface area contributed by atoms with Gasteiger partial charge in [-0.05, 0) is 44.6 Å². The average Bonchev–Trinajstić information content (AvgIpc) is 2.81. The van der Waals surface area contributed by atoms with Gasteiger partial charge in [-0.1, -0.05) is 13.3 Å². The molecule has 0 spiro atoms. The molecule has 0 radical (unpaired) electrons. The van der Waals surface area contributed by atoms with Gasteiger partial charge in [-0.25, -0.2) is 0 Å². The molecule has 0 aromatic heterocycles. The smallest absolute Gasteiger partial charge is 0.0471 e. The molecule has 3 nitrogen and oxygen atoms in total. The first-order valence-electron chi connectivity index (χ1n) is 7.35. The van der Waals surface area contributed by atoms with Gasteiger partial charge in [-0.3, -0.25) is 4.21 Å².